The molecule has 0 saturated carbocycles. The molecule has 0 amide bonds. The van der Waals surface area contributed by atoms with Crippen molar-refractivity contribution < 1.29 is 4.79 Å². The summed E-state index contributed by atoms with van der Waals surface area (Å²) in [6.07, 6.45) is 3.84. The molecule has 110 valence electrons. The van der Waals surface area contributed by atoms with Crippen molar-refractivity contribution in [3.63, 3.8) is 0 Å². The van der Waals surface area contributed by atoms with Gasteiger partial charge in [0.2, 0.25) is 0 Å². The molecule has 0 spiro atoms. The van der Waals surface area contributed by atoms with Gasteiger partial charge in [-0.15, -0.1) is 0 Å². The van der Waals surface area contributed by atoms with Crippen molar-refractivity contribution in [3.8, 4) is 0 Å². The second-order valence-electron chi connectivity index (χ2n) is 5.43. The SMILES string of the molecule is NC(CCC(=O)CCCc1ccccc1)c1ccccc1. The Kier molecular flexibility index (Phi) is 6.17. The van der Waals surface area contributed by atoms with Gasteiger partial charge in [0.05, 0.1) is 0 Å². The monoisotopic (exact) mass is 281 g/mol. The zero-order chi connectivity index (χ0) is 14.9. The second-order valence-corrected chi connectivity index (χ2v) is 5.43. The number of hydrogen-bond donors (Lipinski definition) is 1. The first-order valence-electron chi connectivity index (χ1n) is 7.62. The van der Waals surface area contributed by atoms with Gasteiger partial charge in [-0.2, -0.15) is 0 Å². The molecule has 0 saturated heterocycles. The van der Waals surface area contributed by atoms with Gasteiger partial charge >= 0.3 is 0 Å². The highest BCUT2D eigenvalue weighted by Gasteiger charge is 2.09. The van der Waals surface area contributed by atoms with Gasteiger partial charge in [-0.1, -0.05) is 60.7 Å². The fraction of sp³-hybridized carbons (Fsp3) is 0.316. The summed E-state index contributed by atoms with van der Waals surface area (Å²) in [6, 6.07) is 20.2. The van der Waals surface area contributed by atoms with Crippen LogP contribution < -0.4 is 5.73 Å². The molecule has 0 fully saturated rings. The molecular weight excluding hydrogens is 258 g/mol. The number of carbonyl (C=O) groups excluding carboxylic acids is 1. The van der Waals surface area contributed by atoms with E-state index in [4.69, 9.17) is 5.73 Å². The molecule has 0 radical (unpaired) electrons. The maximum atomic E-state index is 11.9. The molecule has 0 bridgehead atoms. The maximum Gasteiger partial charge on any atom is 0.132 e. The number of nitrogens with two attached hydrogens (primary N) is 1. The Morgan fingerprint density at radius 1 is 0.905 bits per heavy atom. The summed E-state index contributed by atoms with van der Waals surface area (Å²) in [7, 11) is 0. The number of benzene rings is 2. The van der Waals surface area contributed by atoms with Crippen LogP contribution in [0, 0.1) is 0 Å². The third kappa shape index (κ3) is 5.52. The first kappa shape index (κ1) is 15.5. The Morgan fingerprint density at radius 3 is 2.19 bits per heavy atom. The van der Waals surface area contributed by atoms with E-state index in [2.05, 4.69) is 12.1 Å². The zero-order valence-electron chi connectivity index (χ0n) is 12.4. The maximum absolute atomic E-state index is 11.9. The predicted molar refractivity (Wildman–Crippen MR) is 87.0 cm³/mol. The van der Waals surface area contributed by atoms with E-state index in [0.29, 0.717) is 18.6 Å². The molecule has 2 N–H and O–H groups in total. The van der Waals surface area contributed by atoms with Gasteiger partial charge in [0.15, 0.2) is 0 Å². The molecule has 0 heterocycles. The van der Waals surface area contributed by atoms with Crippen LogP contribution in [0.15, 0.2) is 60.7 Å². The minimum absolute atomic E-state index is 0.0377. The summed E-state index contributed by atoms with van der Waals surface area (Å²) in [5.41, 5.74) is 8.51. The normalized spacial score (nSPS) is 12.0. The molecule has 2 rings (SSSR count). The lowest BCUT2D eigenvalue weighted by Gasteiger charge is -2.11. The van der Waals surface area contributed by atoms with Gasteiger partial charge in [0.25, 0.3) is 0 Å². The van der Waals surface area contributed by atoms with Crippen LogP contribution in [0.4, 0.5) is 0 Å². The van der Waals surface area contributed by atoms with Crippen molar-refractivity contribution in [3.05, 3.63) is 71.8 Å². The molecule has 0 aliphatic heterocycles. The number of Topliss-reactive ketones (excluding diaryl/α,β-unsaturated/α-hetero) is 1. The summed E-state index contributed by atoms with van der Waals surface area (Å²) < 4.78 is 0. The minimum atomic E-state index is -0.0377. The van der Waals surface area contributed by atoms with Crippen LogP contribution in [-0.2, 0) is 11.2 Å². The third-order valence-electron chi connectivity index (χ3n) is 3.73. The van der Waals surface area contributed by atoms with Gasteiger partial charge in [0, 0.05) is 18.9 Å². The van der Waals surface area contributed by atoms with Crippen molar-refractivity contribution >= 4 is 5.78 Å². The largest absolute Gasteiger partial charge is 0.324 e. The number of hydrogen-bond acceptors (Lipinski definition) is 2. The number of aryl methyl sites for hydroxylation is 1. The summed E-state index contributed by atoms with van der Waals surface area (Å²) in [5.74, 6) is 0.317. The summed E-state index contributed by atoms with van der Waals surface area (Å²) in [6.45, 7) is 0. The van der Waals surface area contributed by atoms with E-state index in [-0.39, 0.29) is 6.04 Å². The highest BCUT2D eigenvalue weighted by atomic mass is 16.1. The van der Waals surface area contributed by atoms with Crippen molar-refractivity contribution in [1.29, 1.82) is 0 Å². The van der Waals surface area contributed by atoms with E-state index in [1.54, 1.807) is 0 Å². The van der Waals surface area contributed by atoms with Crippen LogP contribution in [0.3, 0.4) is 0 Å². The molecule has 2 heteroatoms. The quantitative estimate of drug-likeness (QED) is 0.793. The van der Waals surface area contributed by atoms with Crippen LogP contribution >= 0.6 is 0 Å². The average Bonchev–Trinajstić information content (AvgIpc) is 2.54. The predicted octanol–water partition coefficient (Wildman–Crippen LogP) is 4.06. The molecule has 0 aromatic heterocycles. The van der Waals surface area contributed by atoms with Gasteiger partial charge in [-0.05, 0) is 30.4 Å². The Balaban J connectivity index is 1.66. The van der Waals surface area contributed by atoms with Crippen LogP contribution in [-0.4, -0.2) is 5.78 Å². The van der Waals surface area contributed by atoms with Crippen LogP contribution in [0.25, 0.3) is 0 Å². The lowest BCUT2D eigenvalue weighted by molar-refractivity contribution is -0.119. The fourth-order valence-electron chi connectivity index (χ4n) is 2.44. The highest BCUT2D eigenvalue weighted by Crippen LogP contribution is 2.16. The Hall–Kier alpha value is -1.93. The Bertz CT molecular complexity index is 536. The number of carbonyl (C=O) groups is 1. The molecule has 1 atom stereocenters. The van der Waals surface area contributed by atoms with Crippen molar-refractivity contribution in [2.24, 2.45) is 5.73 Å². The molecule has 1 unspecified atom stereocenters. The van der Waals surface area contributed by atoms with Gasteiger partial charge < -0.3 is 5.73 Å². The first-order valence-corrected chi connectivity index (χ1v) is 7.62. The van der Waals surface area contributed by atoms with Crippen LogP contribution in [0.5, 0.6) is 0 Å². The van der Waals surface area contributed by atoms with Crippen LogP contribution in [0.2, 0.25) is 0 Å². The average molecular weight is 281 g/mol. The molecule has 0 aliphatic carbocycles. The standard InChI is InChI=1S/C19H23NO/c20-19(17-11-5-2-6-12-17)15-14-18(21)13-7-10-16-8-3-1-4-9-16/h1-6,8-9,11-12,19H,7,10,13-15,20H2. The minimum Gasteiger partial charge on any atom is -0.324 e. The van der Waals surface area contributed by atoms with Crippen molar-refractivity contribution in [2.75, 3.05) is 0 Å². The van der Waals surface area contributed by atoms with Crippen LogP contribution in [0.1, 0.15) is 42.9 Å². The van der Waals surface area contributed by atoms with Crippen molar-refractivity contribution in [1.82, 2.24) is 0 Å². The molecule has 0 aliphatic rings. The Labute approximate surface area is 127 Å². The number of ketones is 1. The zero-order valence-corrected chi connectivity index (χ0v) is 12.4. The van der Waals surface area contributed by atoms with Gasteiger partial charge in [-0.3, -0.25) is 4.79 Å². The van der Waals surface area contributed by atoms with E-state index < -0.39 is 0 Å². The van der Waals surface area contributed by atoms with Gasteiger partial charge in [0.1, 0.15) is 5.78 Å². The summed E-state index contributed by atoms with van der Waals surface area (Å²) >= 11 is 0. The lowest BCUT2D eigenvalue weighted by Crippen LogP contribution is -2.12. The first-order chi connectivity index (χ1) is 10.3. The van der Waals surface area contributed by atoms with E-state index >= 15 is 0 Å². The van der Waals surface area contributed by atoms with E-state index in [0.717, 1.165) is 24.8 Å². The summed E-state index contributed by atoms with van der Waals surface area (Å²) in [5, 5.41) is 0. The van der Waals surface area contributed by atoms with E-state index in [9.17, 15) is 4.79 Å². The Morgan fingerprint density at radius 2 is 1.52 bits per heavy atom. The van der Waals surface area contributed by atoms with E-state index in [1.807, 2.05) is 48.5 Å². The highest BCUT2D eigenvalue weighted by molar-refractivity contribution is 5.78. The number of rotatable bonds is 8. The molecule has 2 aromatic carbocycles. The van der Waals surface area contributed by atoms with Crippen molar-refractivity contribution in [2.45, 2.75) is 38.1 Å². The summed E-state index contributed by atoms with van der Waals surface area (Å²) in [4.78, 5) is 11.9. The van der Waals surface area contributed by atoms with E-state index in [1.165, 1.54) is 5.56 Å². The molecule has 2 aromatic rings. The topological polar surface area (TPSA) is 43.1 Å². The fourth-order valence-corrected chi connectivity index (χ4v) is 2.44. The molecule has 21 heavy (non-hydrogen) atoms. The molecular formula is C19H23NO. The van der Waals surface area contributed by atoms with Gasteiger partial charge in [-0.25, -0.2) is 0 Å². The lowest BCUT2D eigenvalue weighted by atomic mass is 9.99. The second kappa shape index (κ2) is 8.38. The smallest absolute Gasteiger partial charge is 0.132 e. The molecule has 2 nitrogen and oxygen atoms in total. The third-order valence-corrected chi connectivity index (χ3v) is 3.73.